The van der Waals surface area contributed by atoms with Crippen LogP contribution < -0.4 is 10.2 Å². The molecule has 1 fully saturated rings. The number of hydrogen-bond acceptors (Lipinski definition) is 7. The maximum absolute atomic E-state index is 13.6. The Hall–Kier alpha value is -4.71. The van der Waals surface area contributed by atoms with Gasteiger partial charge in [0.25, 0.3) is 11.8 Å². The van der Waals surface area contributed by atoms with Gasteiger partial charge in [-0.15, -0.1) is 0 Å². The largest absolute Gasteiger partial charge is 0.437 e. The molecule has 0 bridgehead atoms. The molecular weight excluding hydrogens is 539 g/mol. The Balaban J connectivity index is 1.24. The summed E-state index contributed by atoms with van der Waals surface area (Å²) >= 11 is 0. The number of halogens is 3. The van der Waals surface area contributed by atoms with Crippen molar-refractivity contribution in [3.05, 3.63) is 96.0 Å². The van der Waals surface area contributed by atoms with Crippen LogP contribution in [0.5, 0.6) is 0 Å². The highest BCUT2D eigenvalue weighted by molar-refractivity contribution is 6.03. The molecule has 0 saturated carbocycles. The third kappa shape index (κ3) is 6.38. The van der Waals surface area contributed by atoms with E-state index < -0.39 is 29.6 Å². The van der Waals surface area contributed by atoms with Crippen molar-refractivity contribution >= 4 is 23.3 Å². The van der Waals surface area contributed by atoms with E-state index in [1.807, 2.05) is 11.0 Å². The molecule has 1 unspecified atom stereocenters. The fourth-order valence-corrected chi connectivity index (χ4v) is 4.52. The third-order valence-electron chi connectivity index (χ3n) is 6.61. The Morgan fingerprint density at radius 3 is 2.29 bits per heavy atom. The van der Waals surface area contributed by atoms with Crippen LogP contribution in [0, 0.1) is 0 Å². The summed E-state index contributed by atoms with van der Waals surface area (Å²) in [7, 11) is 0. The Bertz CT molecular complexity index is 1490. The lowest BCUT2D eigenvalue weighted by Gasteiger charge is -2.24. The number of benzene rings is 2. The van der Waals surface area contributed by atoms with Crippen LogP contribution >= 0.6 is 0 Å². The molecule has 212 valence electrons. The van der Waals surface area contributed by atoms with Crippen molar-refractivity contribution in [2.24, 2.45) is 0 Å². The molecule has 2 aromatic heterocycles. The number of rotatable bonds is 6. The zero-order valence-electron chi connectivity index (χ0n) is 21.7. The van der Waals surface area contributed by atoms with Crippen LogP contribution in [0.25, 0.3) is 11.5 Å². The van der Waals surface area contributed by atoms with Gasteiger partial charge < -0.3 is 24.6 Å². The summed E-state index contributed by atoms with van der Waals surface area (Å²) < 4.78 is 46.1. The van der Waals surface area contributed by atoms with Gasteiger partial charge in [-0.25, -0.2) is 9.97 Å². The molecule has 5 rings (SSSR count). The smallest absolute Gasteiger partial charge is 0.430 e. The van der Waals surface area contributed by atoms with Crippen LogP contribution in [-0.4, -0.2) is 58.0 Å². The van der Waals surface area contributed by atoms with Gasteiger partial charge in [0.2, 0.25) is 11.7 Å². The van der Waals surface area contributed by atoms with Gasteiger partial charge in [0.1, 0.15) is 5.82 Å². The van der Waals surface area contributed by atoms with E-state index in [0.29, 0.717) is 49.5 Å². The Kier molecular flexibility index (Phi) is 8.02. The van der Waals surface area contributed by atoms with Gasteiger partial charge in [-0.3, -0.25) is 9.59 Å². The summed E-state index contributed by atoms with van der Waals surface area (Å²) in [6, 6.07) is 19.9. The number of amides is 2. The highest BCUT2D eigenvalue weighted by atomic mass is 19.4. The average molecular weight is 566 g/mol. The lowest BCUT2D eigenvalue weighted by Crippen LogP contribution is -2.38. The van der Waals surface area contributed by atoms with E-state index in [9.17, 15) is 27.9 Å². The fourth-order valence-electron chi connectivity index (χ4n) is 4.52. The summed E-state index contributed by atoms with van der Waals surface area (Å²) in [6.07, 6.45) is -4.16. The van der Waals surface area contributed by atoms with Crippen molar-refractivity contribution in [3.8, 4) is 11.5 Å². The van der Waals surface area contributed by atoms with Crippen LogP contribution in [0.15, 0.2) is 83.4 Å². The maximum atomic E-state index is 13.6. The first-order valence-corrected chi connectivity index (χ1v) is 12.9. The highest BCUT2D eigenvalue weighted by Gasteiger charge is 2.41. The first-order chi connectivity index (χ1) is 19.7. The topological polar surface area (TPSA) is 112 Å². The Morgan fingerprint density at radius 1 is 0.927 bits per heavy atom. The van der Waals surface area contributed by atoms with Gasteiger partial charge in [0.15, 0.2) is 11.8 Å². The molecule has 4 aromatic rings. The number of nitrogens with zero attached hydrogens (tertiary/aromatic N) is 4. The number of pyridine rings is 1. The van der Waals surface area contributed by atoms with Crippen molar-refractivity contribution < 1.29 is 32.3 Å². The monoisotopic (exact) mass is 565 g/mol. The fraction of sp³-hybridized carbons (Fsp3) is 0.241. The van der Waals surface area contributed by atoms with E-state index in [-0.39, 0.29) is 17.5 Å². The van der Waals surface area contributed by atoms with E-state index in [2.05, 4.69) is 15.3 Å². The van der Waals surface area contributed by atoms with Gasteiger partial charge >= 0.3 is 6.18 Å². The lowest BCUT2D eigenvalue weighted by molar-refractivity contribution is -0.141. The van der Waals surface area contributed by atoms with Crippen LogP contribution in [0.3, 0.4) is 0 Å². The summed E-state index contributed by atoms with van der Waals surface area (Å²) in [5.74, 6) is -2.17. The molecule has 0 aliphatic carbocycles. The number of hydrogen-bond donors (Lipinski definition) is 2. The van der Waals surface area contributed by atoms with Gasteiger partial charge in [-0.05, 0) is 36.2 Å². The lowest BCUT2D eigenvalue weighted by atomic mass is 10.1. The van der Waals surface area contributed by atoms with Gasteiger partial charge in [0, 0.05) is 31.7 Å². The number of nitrogens with one attached hydrogen (secondary N) is 1. The third-order valence-corrected chi connectivity index (χ3v) is 6.61. The SMILES string of the molecule is O=C(Nc1ccc(N2CCCN(C(=O)C(O)c3ccccc3)CC2)nc1)c1oc(-c2ccccc2)nc1C(F)(F)F. The summed E-state index contributed by atoms with van der Waals surface area (Å²) in [5, 5.41) is 12.9. The number of carbonyl (C=O) groups excluding carboxylic acids is 2. The molecule has 41 heavy (non-hydrogen) atoms. The van der Waals surface area contributed by atoms with Crippen LogP contribution in [0.1, 0.15) is 34.3 Å². The van der Waals surface area contributed by atoms with E-state index in [4.69, 9.17) is 4.42 Å². The molecule has 0 radical (unpaired) electrons. The molecule has 2 amide bonds. The first kappa shape index (κ1) is 27.8. The standard InChI is InChI=1S/C29H26F3N5O4/c30-29(31,32)25-24(41-27(35-25)20-10-5-2-6-11-20)26(39)34-21-12-13-22(33-18-21)36-14-7-15-37(17-16-36)28(40)23(38)19-8-3-1-4-9-19/h1-6,8-13,18,23,38H,7,14-17H2,(H,34,39). The molecular formula is C29H26F3N5O4. The highest BCUT2D eigenvalue weighted by Crippen LogP contribution is 2.35. The molecule has 1 saturated heterocycles. The van der Waals surface area contributed by atoms with Crippen molar-refractivity contribution in [2.45, 2.75) is 18.7 Å². The summed E-state index contributed by atoms with van der Waals surface area (Å²) in [4.78, 5) is 37.1. The summed E-state index contributed by atoms with van der Waals surface area (Å²) in [5.41, 5.74) is -0.418. The molecule has 12 heteroatoms. The quantitative estimate of drug-likeness (QED) is 0.346. The van der Waals surface area contributed by atoms with Crippen LogP contribution in [0.4, 0.5) is 24.7 Å². The molecule has 1 aliphatic heterocycles. The van der Waals surface area contributed by atoms with Crippen LogP contribution in [0.2, 0.25) is 0 Å². The number of aromatic nitrogens is 2. The minimum absolute atomic E-state index is 0.169. The maximum Gasteiger partial charge on any atom is 0.437 e. The van der Waals surface area contributed by atoms with E-state index >= 15 is 0 Å². The average Bonchev–Trinajstić information content (AvgIpc) is 3.31. The number of alkyl halides is 3. The van der Waals surface area contributed by atoms with Gasteiger partial charge in [-0.2, -0.15) is 13.2 Å². The van der Waals surface area contributed by atoms with E-state index in [1.165, 1.54) is 24.4 Å². The van der Waals surface area contributed by atoms with Crippen molar-refractivity contribution in [1.29, 1.82) is 0 Å². The minimum Gasteiger partial charge on any atom is -0.430 e. The van der Waals surface area contributed by atoms with E-state index in [1.54, 1.807) is 53.4 Å². The minimum atomic E-state index is -4.90. The zero-order chi connectivity index (χ0) is 29.0. The first-order valence-electron chi connectivity index (χ1n) is 12.9. The second kappa shape index (κ2) is 11.8. The normalized spacial score (nSPS) is 14.8. The van der Waals surface area contributed by atoms with Crippen molar-refractivity contribution in [1.82, 2.24) is 14.9 Å². The van der Waals surface area contributed by atoms with Crippen molar-refractivity contribution in [2.75, 3.05) is 36.4 Å². The molecule has 1 aliphatic rings. The molecule has 0 spiro atoms. The number of oxazole rings is 1. The van der Waals surface area contributed by atoms with Gasteiger partial charge in [-0.1, -0.05) is 48.5 Å². The summed E-state index contributed by atoms with van der Waals surface area (Å²) in [6.45, 7) is 1.90. The molecule has 2 aromatic carbocycles. The molecule has 2 N–H and O–H groups in total. The molecule has 9 nitrogen and oxygen atoms in total. The van der Waals surface area contributed by atoms with Crippen LogP contribution in [-0.2, 0) is 11.0 Å². The Labute approximate surface area is 233 Å². The predicted octanol–water partition coefficient (Wildman–Crippen LogP) is 4.78. The number of aliphatic hydroxyl groups is 1. The number of anilines is 2. The number of aliphatic hydroxyl groups excluding tert-OH is 1. The Morgan fingerprint density at radius 2 is 1.63 bits per heavy atom. The molecule has 1 atom stereocenters. The second-order valence-corrected chi connectivity index (χ2v) is 9.40. The van der Waals surface area contributed by atoms with E-state index in [0.717, 1.165) is 0 Å². The number of carbonyl (C=O) groups is 2. The van der Waals surface area contributed by atoms with Crippen molar-refractivity contribution in [3.63, 3.8) is 0 Å². The predicted molar refractivity (Wildman–Crippen MR) is 144 cm³/mol. The molecule has 3 heterocycles. The van der Waals surface area contributed by atoms with Gasteiger partial charge in [0.05, 0.1) is 11.9 Å². The second-order valence-electron chi connectivity index (χ2n) is 9.40. The zero-order valence-corrected chi connectivity index (χ0v) is 21.7.